The van der Waals surface area contributed by atoms with E-state index in [1.54, 1.807) is 16.0 Å². The number of thiophene rings is 1. The zero-order chi connectivity index (χ0) is 20.4. The van der Waals surface area contributed by atoms with Crippen molar-refractivity contribution in [3.05, 3.63) is 32.4 Å². The van der Waals surface area contributed by atoms with Crippen molar-refractivity contribution in [2.75, 3.05) is 0 Å². The highest BCUT2D eigenvalue weighted by atomic mass is 32.1. The number of H-pyrrole nitrogens is 1. The summed E-state index contributed by atoms with van der Waals surface area (Å²) in [5.74, 6) is 1.30. The van der Waals surface area contributed by atoms with Crippen LogP contribution in [-0.4, -0.2) is 36.1 Å². The summed E-state index contributed by atoms with van der Waals surface area (Å²) in [4.78, 5) is 34.2. The number of aryl methyl sites for hydroxylation is 3. The predicted octanol–water partition coefficient (Wildman–Crippen LogP) is 2.18. The van der Waals surface area contributed by atoms with E-state index in [4.69, 9.17) is 4.74 Å². The highest BCUT2D eigenvalue weighted by Gasteiger charge is 2.23. The standard InChI is InChI=1S/C19H24N6O3S/c1-3-8-25-15(22-23-24-25)10-28-16(26)7-6-14-20-18(27)17-12-5-4-11(2)9-13(12)29-19(17)21-14/h11H,3-10H2,1-2H3,(H,20,21,27)/t11-/m0/s1. The van der Waals surface area contributed by atoms with Crippen LogP contribution in [0.2, 0.25) is 0 Å². The molecule has 10 heteroatoms. The van der Waals surface area contributed by atoms with E-state index >= 15 is 0 Å². The fourth-order valence-electron chi connectivity index (χ4n) is 3.66. The quantitative estimate of drug-likeness (QED) is 0.587. The molecule has 0 spiro atoms. The third-order valence-corrected chi connectivity index (χ3v) is 6.33. The lowest BCUT2D eigenvalue weighted by Crippen LogP contribution is -2.16. The Morgan fingerprint density at radius 3 is 3.10 bits per heavy atom. The van der Waals surface area contributed by atoms with Crippen LogP contribution in [0.3, 0.4) is 0 Å². The molecular weight excluding hydrogens is 392 g/mol. The first kappa shape index (κ1) is 19.7. The smallest absolute Gasteiger partial charge is 0.306 e. The van der Waals surface area contributed by atoms with Crippen LogP contribution < -0.4 is 5.56 Å². The Bertz CT molecular complexity index is 1090. The number of fused-ring (bicyclic) bond motifs is 3. The number of tetrazole rings is 1. The molecule has 0 saturated carbocycles. The highest BCUT2D eigenvalue weighted by molar-refractivity contribution is 7.18. The molecule has 0 radical (unpaired) electrons. The minimum absolute atomic E-state index is 0.0324. The molecule has 0 bridgehead atoms. The van der Waals surface area contributed by atoms with Crippen LogP contribution in [0.25, 0.3) is 10.2 Å². The van der Waals surface area contributed by atoms with E-state index in [1.165, 1.54) is 4.88 Å². The SMILES string of the molecule is CCCn1nnnc1COC(=O)CCc1nc2sc3c(c2c(=O)[nH]1)CC[C@H](C)C3. The second-order valence-electron chi connectivity index (χ2n) is 7.52. The number of esters is 1. The zero-order valence-corrected chi connectivity index (χ0v) is 17.4. The molecule has 0 aromatic carbocycles. The van der Waals surface area contributed by atoms with Gasteiger partial charge in [-0.2, -0.15) is 0 Å². The number of ether oxygens (including phenoxy) is 1. The van der Waals surface area contributed by atoms with E-state index in [0.717, 1.165) is 41.5 Å². The topological polar surface area (TPSA) is 116 Å². The van der Waals surface area contributed by atoms with Crippen molar-refractivity contribution in [1.82, 2.24) is 30.2 Å². The summed E-state index contributed by atoms with van der Waals surface area (Å²) >= 11 is 1.61. The summed E-state index contributed by atoms with van der Waals surface area (Å²) in [5.41, 5.74) is 1.05. The minimum atomic E-state index is -0.377. The fourth-order valence-corrected chi connectivity index (χ4v) is 5.06. The molecule has 1 atom stereocenters. The van der Waals surface area contributed by atoms with Crippen LogP contribution in [0, 0.1) is 5.92 Å². The zero-order valence-electron chi connectivity index (χ0n) is 16.6. The Labute approximate surface area is 171 Å². The van der Waals surface area contributed by atoms with Crippen molar-refractivity contribution in [3.8, 4) is 0 Å². The van der Waals surface area contributed by atoms with Crippen LogP contribution in [0.15, 0.2) is 4.79 Å². The number of aromatic amines is 1. The monoisotopic (exact) mass is 416 g/mol. The molecular formula is C19H24N6O3S. The lowest BCUT2D eigenvalue weighted by Gasteiger charge is -2.17. The molecule has 3 heterocycles. The van der Waals surface area contributed by atoms with Crippen molar-refractivity contribution in [1.29, 1.82) is 0 Å². The van der Waals surface area contributed by atoms with Crippen molar-refractivity contribution in [3.63, 3.8) is 0 Å². The van der Waals surface area contributed by atoms with E-state index in [9.17, 15) is 9.59 Å². The molecule has 154 valence electrons. The summed E-state index contributed by atoms with van der Waals surface area (Å²) in [7, 11) is 0. The second-order valence-corrected chi connectivity index (χ2v) is 8.61. The van der Waals surface area contributed by atoms with Crippen LogP contribution >= 0.6 is 11.3 Å². The summed E-state index contributed by atoms with van der Waals surface area (Å²) in [6.45, 7) is 4.97. The number of hydrogen-bond acceptors (Lipinski definition) is 8. The van der Waals surface area contributed by atoms with Gasteiger partial charge in [0, 0.05) is 17.8 Å². The number of aromatic nitrogens is 6. The van der Waals surface area contributed by atoms with E-state index in [0.29, 0.717) is 30.5 Å². The molecule has 0 amide bonds. The Hall–Kier alpha value is -2.62. The third kappa shape index (κ3) is 4.21. The summed E-state index contributed by atoms with van der Waals surface area (Å²) in [5, 5.41) is 12.1. The Morgan fingerprint density at radius 2 is 2.28 bits per heavy atom. The maximum absolute atomic E-state index is 12.6. The minimum Gasteiger partial charge on any atom is -0.457 e. The van der Waals surface area contributed by atoms with Gasteiger partial charge in [0.15, 0.2) is 12.4 Å². The van der Waals surface area contributed by atoms with E-state index < -0.39 is 0 Å². The number of hydrogen-bond donors (Lipinski definition) is 1. The van der Waals surface area contributed by atoms with Crippen molar-refractivity contribution in [2.45, 2.75) is 65.5 Å². The molecule has 0 aliphatic heterocycles. The number of nitrogens with one attached hydrogen (secondary N) is 1. The first-order chi connectivity index (χ1) is 14.0. The molecule has 1 aliphatic carbocycles. The maximum atomic E-state index is 12.6. The van der Waals surface area contributed by atoms with Gasteiger partial charge >= 0.3 is 5.97 Å². The first-order valence-electron chi connectivity index (χ1n) is 9.99. The van der Waals surface area contributed by atoms with Gasteiger partial charge in [-0.3, -0.25) is 9.59 Å². The van der Waals surface area contributed by atoms with Gasteiger partial charge in [-0.1, -0.05) is 13.8 Å². The average Bonchev–Trinajstić information content (AvgIpc) is 3.28. The lowest BCUT2D eigenvalue weighted by molar-refractivity contribution is -0.145. The van der Waals surface area contributed by atoms with Gasteiger partial charge in [0.1, 0.15) is 10.7 Å². The van der Waals surface area contributed by atoms with Gasteiger partial charge in [0.2, 0.25) is 0 Å². The molecule has 9 nitrogen and oxygen atoms in total. The first-order valence-corrected chi connectivity index (χ1v) is 10.8. The van der Waals surface area contributed by atoms with E-state index in [2.05, 4.69) is 32.4 Å². The number of carbonyl (C=O) groups is 1. The van der Waals surface area contributed by atoms with Gasteiger partial charge in [0.05, 0.1) is 11.8 Å². The molecule has 0 fully saturated rings. The van der Waals surface area contributed by atoms with Gasteiger partial charge < -0.3 is 9.72 Å². The summed E-state index contributed by atoms with van der Waals surface area (Å²) in [6, 6.07) is 0. The largest absolute Gasteiger partial charge is 0.457 e. The third-order valence-electron chi connectivity index (χ3n) is 5.18. The van der Waals surface area contributed by atoms with Gasteiger partial charge in [-0.25, -0.2) is 9.67 Å². The second kappa shape index (κ2) is 8.40. The van der Waals surface area contributed by atoms with Crippen molar-refractivity contribution < 1.29 is 9.53 Å². The van der Waals surface area contributed by atoms with Crippen LogP contribution in [-0.2, 0) is 41.9 Å². The lowest BCUT2D eigenvalue weighted by atomic mass is 9.89. The molecule has 3 aromatic heterocycles. The van der Waals surface area contributed by atoms with Gasteiger partial charge in [-0.15, -0.1) is 16.4 Å². The Kier molecular flexibility index (Phi) is 5.70. The van der Waals surface area contributed by atoms with Crippen LogP contribution in [0.4, 0.5) is 0 Å². The van der Waals surface area contributed by atoms with Crippen LogP contribution in [0.5, 0.6) is 0 Å². The molecule has 0 unspecified atom stereocenters. The number of nitrogens with zero attached hydrogens (tertiary/aromatic N) is 5. The van der Waals surface area contributed by atoms with Crippen molar-refractivity contribution in [2.24, 2.45) is 5.92 Å². The van der Waals surface area contributed by atoms with Crippen molar-refractivity contribution >= 4 is 27.5 Å². The summed E-state index contributed by atoms with van der Waals surface area (Å²) < 4.78 is 6.90. The molecule has 4 rings (SSSR count). The molecule has 0 saturated heterocycles. The summed E-state index contributed by atoms with van der Waals surface area (Å²) in [6.07, 6.45) is 4.39. The fraction of sp³-hybridized carbons (Fsp3) is 0.579. The Balaban J connectivity index is 1.40. The molecule has 3 aromatic rings. The molecule has 1 N–H and O–H groups in total. The molecule has 1 aliphatic rings. The highest BCUT2D eigenvalue weighted by Crippen LogP contribution is 2.35. The van der Waals surface area contributed by atoms with Gasteiger partial charge in [0.25, 0.3) is 5.56 Å². The number of rotatable bonds is 7. The van der Waals surface area contributed by atoms with E-state index in [-0.39, 0.29) is 24.6 Å². The maximum Gasteiger partial charge on any atom is 0.306 e. The normalized spacial score (nSPS) is 16.1. The van der Waals surface area contributed by atoms with Gasteiger partial charge in [-0.05, 0) is 47.6 Å². The molecule has 29 heavy (non-hydrogen) atoms. The van der Waals surface area contributed by atoms with E-state index in [1.807, 2.05) is 6.92 Å². The predicted molar refractivity (Wildman–Crippen MR) is 108 cm³/mol. The average molecular weight is 417 g/mol. The Morgan fingerprint density at radius 1 is 1.41 bits per heavy atom. The van der Waals surface area contributed by atoms with Crippen LogP contribution in [0.1, 0.15) is 55.2 Å². The number of carbonyl (C=O) groups excluding carboxylic acids is 1.